The van der Waals surface area contributed by atoms with Gasteiger partial charge in [0.2, 0.25) is 5.91 Å². The fourth-order valence-electron chi connectivity index (χ4n) is 3.03. The van der Waals surface area contributed by atoms with E-state index in [1.165, 1.54) is 12.1 Å². The molecule has 0 aromatic heterocycles. The van der Waals surface area contributed by atoms with Crippen LogP contribution in [0.1, 0.15) is 32.3 Å². The zero-order valence-corrected chi connectivity index (χ0v) is 12.9. The van der Waals surface area contributed by atoms with Crippen molar-refractivity contribution in [3.8, 4) is 0 Å². The van der Waals surface area contributed by atoms with Crippen molar-refractivity contribution in [3.05, 3.63) is 35.6 Å². The lowest BCUT2D eigenvalue weighted by atomic mass is 9.88. The Bertz CT molecular complexity index is 472. The van der Waals surface area contributed by atoms with Crippen molar-refractivity contribution in [1.82, 2.24) is 4.90 Å². The largest absolute Gasteiger partial charge is 0.341 e. The van der Waals surface area contributed by atoms with Crippen molar-refractivity contribution in [1.29, 1.82) is 0 Å². The molecule has 1 aromatic rings. The zero-order chi connectivity index (χ0) is 15.4. The van der Waals surface area contributed by atoms with Crippen LogP contribution >= 0.6 is 0 Å². The second-order valence-corrected chi connectivity index (χ2v) is 6.59. The number of benzene rings is 1. The third-order valence-corrected chi connectivity index (χ3v) is 3.94. The highest BCUT2D eigenvalue weighted by Crippen LogP contribution is 2.22. The average Bonchev–Trinajstić information content (AvgIpc) is 2.40. The molecule has 0 bridgehead atoms. The summed E-state index contributed by atoms with van der Waals surface area (Å²) in [4.78, 5) is 14.1. The Balaban J connectivity index is 1.97. The van der Waals surface area contributed by atoms with Gasteiger partial charge >= 0.3 is 0 Å². The molecule has 1 fully saturated rings. The monoisotopic (exact) mass is 292 g/mol. The molecule has 1 aromatic carbocycles. The van der Waals surface area contributed by atoms with Crippen LogP contribution in [-0.2, 0) is 11.2 Å². The Morgan fingerprint density at radius 3 is 2.62 bits per heavy atom. The summed E-state index contributed by atoms with van der Waals surface area (Å²) in [5.74, 6) is 0.707. The van der Waals surface area contributed by atoms with Crippen molar-refractivity contribution in [2.24, 2.45) is 17.6 Å². The molecule has 2 rings (SSSR count). The number of carbonyl (C=O) groups excluding carboxylic acids is 1. The summed E-state index contributed by atoms with van der Waals surface area (Å²) in [6, 6.07) is 6.64. The van der Waals surface area contributed by atoms with Crippen LogP contribution in [0.5, 0.6) is 0 Å². The van der Waals surface area contributed by atoms with E-state index in [0.717, 1.165) is 24.9 Å². The van der Waals surface area contributed by atoms with Gasteiger partial charge in [0.15, 0.2) is 0 Å². The number of piperidine rings is 1. The number of hydrogen-bond acceptors (Lipinski definition) is 2. The van der Waals surface area contributed by atoms with E-state index in [-0.39, 0.29) is 17.8 Å². The van der Waals surface area contributed by atoms with E-state index in [4.69, 9.17) is 5.73 Å². The van der Waals surface area contributed by atoms with E-state index in [0.29, 0.717) is 24.8 Å². The highest BCUT2D eigenvalue weighted by Gasteiger charge is 2.28. The van der Waals surface area contributed by atoms with E-state index >= 15 is 0 Å². The van der Waals surface area contributed by atoms with E-state index in [2.05, 4.69) is 13.8 Å². The first kappa shape index (κ1) is 16.0. The zero-order valence-electron chi connectivity index (χ0n) is 12.9. The predicted octanol–water partition coefficient (Wildman–Crippen LogP) is 2.59. The quantitative estimate of drug-likeness (QED) is 0.927. The van der Waals surface area contributed by atoms with Crippen molar-refractivity contribution < 1.29 is 9.18 Å². The summed E-state index contributed by atoms with van der Waals surface area (Å²) in [6.07, 6.45) is 2.35. The number of rotatable bonds is 4. The van der Waals surface area contributed by atoms with Crippen LogP contribution in [0.25, 0.3) is 0 Å². The third kappa shape index (κ3) is 4.81. The first-order valence-corrected chi connectivity index (χ1v) is 7.72. The molecule has 0 aliphatic carbocycles. The summed E-state index contributed by atoms with van der Waals surface area (Å²) in [5, 5.41) is 0. The normalized spacial score (nSPS) is 22.6. The van der Waals surface area contributed by atoms with Crippen LogP contribution in [0.2, 0.25) is 0 Å². The number of amides is 1. The van der Waals surface area contributed by atoms with Crippen molar-refractivity contribution in [3.63, 3.8) is 0 Å². The SMILES string of the molecule is CC(C)CC(=O)N1CC(N)CC(Cc2ccc(F)cc2)C1. The molecule has 0 radical (unpaired) electrons. The van der Waals surface area contributed by atoms with Crippen LogP contribution in [0.3, 0.4) is 0 Å². The highest BCUT2D eigenvalue weighted by molar-refractivity contribution is 5.76. The molecule has 2 unspecified atom stereocenters. The minimum atomic E-state index is -0.215. The van der Waals surface area contributed by atoms with Crippen LogP contribution in [0, 0.1) is 17.7 Å². The van der Waals surface area contributed by atoms with Gasteiger partial charge in [-0.1, -0.05) is 26.0 Å². The van der Waals surface area contributed by atoms with Crippen LogP contribution in [0.15, 0.2) is 24.3 Å². The summed E-state index contributed by atoms with van der Waals surface area (Å²) in [7, 11) is 0. The van der Waals surface area contributed by atoms with E-state index in [9.17, 15) is 9.18 Å². The van der Waals surface area contributed by atoms with Gasteiger partial charge in [-0.3, -0.25) is 4.79 Å². The maximum atomic E-state index is 12.9. The molecule has 0 spiro atoms. The van der Waals surface area contributed by atoms with Gasteiger partial charge in [-0.15, -0.1) is 0 Å². The average molecular weight is 292 g/mol. The second kappa shape index (κ2) is 7.03. The molecule has 1 aliphatic heterocycles. The summed E-state index contributed by atoms with van der Waals surface area (Å²) < 4.78 is 12.9. The molecule has 3 nitrogen and oxygen atoms in total. The van der Waals surface area contributed by atoms with Crippen molar-refractivity contribution >= 4 is 5.91 Å². The van der Waals surface area contributed by atoms with Gasteiger partial charge in [-0.25, -0.2) is 4.39 Å². The Morgan fingerprint density at radius 1 is 1.33 bits per heavy atom. The first-order chi connectivity index (χ1) is 9.94. The summed E-state index contributed by atoms with van der Waals surface area (Å²) in [6.45, 7) is 5.53. The van der Waals surface area contributed by atoms with E-state index in [1.54, 1.807) is 0 Å². The Hall–Kier alpha value is -1.42. The fraction of sp³-hybridized carbons (Fsp3) is 0.588. The smallest absolute Gasteiger partial charge is 0.222 e. The number of carbonyl (C=O) groups is 1. The molecule has 1 amide bonds. The molecule has 4 heteroatoms. The first-order valence-electron chi connectivity index (χ1n) is 7.72. The Labute approximate surface area is 126 Å². The van der Waals surface area contributed by atoms with Crippen molar-refractivity contribution in [2.45, 2.75) is 39.2 Å². The molecule has 1 aliphatic rings. The lowest BCUT2D eigenvalue weighted by Crippen LogP contribution is -2.50. The molecule has 21 heavy (non-hydrogen) atoms. The molecule has 2 atom stereocenters. The van der Waals surface area contributed by atoms with Crippen LogP contribution in [-0.4, -0.2) is 29.9 Å². The van der Waals surface area contributed by atoms with Gasteiger partial charge in [0.25, 0.3) is 0 Å². The minimum Gasteiger partial charge on any atom is -0.341 e. The highest BCUT2D eigenvalue weighted by atomic mass is 19.1. The maximum absolute atomic E-state index is 12.9. The van der Waals surface area contributed by atoms with Crippen molar-refractivity contribution in [2.75, 3.05) is 13.1 Å². The van der Waals surface area contributed by atoms with Crippen LogP contribution < -0.4 is 5.73 Å². The lowest BCUT2D eigenvalue weighted by molar-refractivity contribution is -0.134. The molecule has 1 saturated heterocycles. The molecular weight excluding hydrogens is 267 g/mol. The third-order valence-electron chi connectivity index (χ3n) is 3.94. The topological polar surface area (TPSA) is 46.3 Å². The van der Waals surface area contributed by atoms with Gasteiger partial charge in [0.05, 0.1) is 0 Å². The maximum Gasteiger partial charge on any atom is 0.222 e. The van der Waals surface area contributed by atoms with Gasteiger partial charge in [-0.05, 0) is 42.4 Å². The molecule has 1 heterocycles. The number of likely N-dealkylation sites (tertiary alicyclic amines) is 1. The minimum absolute atomic E-state index is 0.0420. The molecule has 2 N–H and O–H groups in total. The van der Waals surface area contributed by atoms with Gasteiger partial charge in [0.1, 0.15) is 5.82 Å². The number of hydrogen-bond donors (Lipinski definition) is 1. The number of halogens is 1. The standard InChI is InChI=1S/C17H25FN2O/c1-12(2)7-17(21)20-10-14(9-16(19)11-20)8-13-3-5-15(18)6-4-13/h3-6,12,14,16H,7-11,19H2,1-2H3. The second-order valence-electron chi connectivity index (χ2n) is 6.59. The molecule has 116 valence electrons. The van der Waals surface area contributed by atoms with E-state index < -0.39 is 0 Å². The number of nitrogens with two attached hydrogens (primary N) is 1. The molecule has 0 saturated carbocycles. The number of nitrogens with zero attached hydrogens (tertiary/aromatic N) is 1. The van der Waals surface area contributed by atoms with Gasteiger partial charge in [0, 0.05) is 25.6 Å². The van der Waals surface area contributed by atoms with E-state index in [1.807, 2.05) is 17.0 Å². The fourth-order valence-corrected chi connectivity index (χ4v) is 3.03. The summed E-state index contributed by atoms with van der Waals surface area (Å²) in [5.41, 5.74) is 7.21. The van der Waals surface area contributed by atoms with Gasteiger partial charge < -0.3 is 10.6 Å². The Morgan fingerprint density at radius 2 is 2.00 bits per heavy atom. The lowest BCUT2D eigenvalue weighted by Gasteiger charge is -2.37. The molecular formula is C17H25FN2O. The van der Waals surface area contributed by atoms with Crippen LogP contribution in [0.4, 0.5) is 4.39 Å². The van der Waals surface area contributed by atoms with Gasteiger partial charge in [-0.2, -0.15) is 0 Å². The Kier molecular flexibility index (Phi) is 5.34. The summed E-state index contributed by atoms with van der Waals surface area (Å²) >= 11 is 0. The predicted molar refractivity (Wildman–Crippen MR) is 82.2 cm³/mol.